The maximum absolute atomic E-state index is 11.2. The second kappa shape index (κ2) is 8.32. The van der Waals surface area contributed by atoms with E-state index in [4.69, 9.17) is 0 Å². The molecule has 0 saturated heterocycles. The Morgan fingerprint density at radius 3 is 2.06 bits per heavy atom. The molecule has 0 spiro atoms. The van der Waals surface area contributed by atoms with Gasteiger partial charge in [-0.2, -0.15) is 0 Å². The Hall–Kier alpha value is -1.85. The topological polar surface area (TPSA) is 78.9 Å². The van der Waals surface area contributed by atoms with E-state index in [-0.39, 0.29) is 13.0 Å². The SMILES string of the molecule is CCOC(=O)/C=C/CC(C(=O)OC)C(=O)OC. The zero-order chi connectivity index (χ0) is 13.3. The predicted octanol–water partition coefficient (Wildman–Crippen LogP) is 0.458. The third-order valence-corrected chi connectivity index (χ3v) is 1.88. The third kappa shape index (κ3) is 5.70. The maximum Gasteiger partial charge on any atom is 0.330 e. The Kier molecular flexibility index (Phi) is 7.41. The van der Waals surface area contributed by atoms with Gasteiger partial charge < -0.3 is 14.2 Å². The summed E-state index contributed by atoms with van der Waals surface area (Å²) in [6.07, 6.45) is 2.55. The normalized spacial score (nSPS) is 10.4. The number of hydrogen-bond donors (Lipinski definition) is 0. The summed E-state index contributed by atoms with van der Waals surface area (Å²) < 4.78 is 13.5. The van der Waals surface area contributed by atoms with Crippen molar-refractivity contribution in [1.82, 2.24) is 0 Å². The Bertz CT molecular complexity index is 291. The van der Waals surface area contributed by atoms with E-state index in [1.807, 2.05) is 0 Å². The Labute approximate surface area is 99.5 Å². The van der Waals surface area contributed by atoms with Gasteiger partial charge in [-0.3, -0.25) is 9.59 Å². The fourth-order valence-corrected chi connectivity index (χ4v) is 1.06. The van der Waals surface area contributed by atoms with E-state index in [1.165, 1.54) is 20.3 Å². The molecule has 6 nitrogen and oxygen atoms in total. The molecule has 0 radical (unpaired) electrons. The molecule has 0 N–H and O–H groups in total. The monoisotopic (exact) mass is 244 g/mol. The molecule has 6 heteroatoms. The van der Waals surface area contributed by atoms with E-state index >= 15 is 0 Å². The smallest absolute Gasteiger partial charge is 0.330 e. The second-order valence-corrected chi connectivity index (χ2v) is 2.99. The fraction of sp³-hybridized carbons (Fsp3) is 0.545. The van der Waals surface area contributed by atoms with E-state index in [9.17, 15) is 14.4 Å². The first-order valence-corrected chi connectivity index (χ1v) is 5.05. The van der Waals surface area contributed by atoms with Crippen molar-refractivity contribution in [2.24, 2.45) is 5.92 Å². The average Bonchev–Trinajstić information content (AvgIpc) is 2.33. The largest absolute Gasteiger partial charge is 0.468 e. The van der Waals surface area contributed by atoms with Crippen molar-refractivity contribution in [1.29, 1.82) is 0 Å². The van der Waals surface area contributed by atoms with Crippen molar-refractivity contribution >= 4 is 17.9 Å². The molecule has 0 aliphatic rings. The quantitative estimate of drug-likeness (QED) is 0.292. The van der Waals surface area contributed by atoms with Crippen molar-refractivity contribution in [3.63, 3.8) is 0 Å². The van der Waals surface area contributed by atoms with Crippen molar-refractivity contribution in [2.45, 2.75) is 13.3 Å². The minimum absolute atomic E-state index is 0.0260. The maximum atomic E-state index is 11.2. The van der Waals surface area contributed by atoms with Crippen LogP contribution in [0.1, 0.15) is 13.3 Å². The summed E-state index contributed by atoms with van der Waals surface area (Å²) in [4.78, 5) is 33.4. The first-order valence-electron chi connectivity index (χ1n) is 5.05. The fourth-order valence-electron chi connectivity index (χ4n) is 1.06. The summed E-state index contributed by atoms with van der Waals surface area (Å²) in [5, 5.41) is 0. The highest BCUT2D eigenvalue weighted by Gasteiger charge is 2.27. The van der Waals surface area contributed by atoms with Crippen molar-refractivity contribution < 1.29 is 28.6 Å². The van der Waals surface area contributed by atoms with Crippen LogP contribution in [0.4, 0.5) is 0 Å². The van der Waals surface area contributed by atoms with Crippen molar-refractivity contribution in [3.8, 4) is 0 Å². The molecule has 0 aliphatic carbocycles. The van der Waals surface area contributed by atoms with Gasteiger partial charge in [-0.1, -0.05) is 6.08 Å². The van der Waals surface area contributed by atoms with Crippen LogP contribution in [0.5, 0.6) is 0 Å². The number of carbonyl (C=O) groups excluding carboxylic acids is 3. The van der Waals surface area contributed by atoms with Crippen LogP contribution in [0.15, 0.2) is 12.2 Å². The van der Waals surface area contributed by atoms with E-state index in [1.54, 1.807) is 6.92 Å². The highest BCUT2D eigenvalue weighted by atomic mass is 16.5. The molecule has 0 bridgehead atoms. The number of hydrogen-bond acceptors (Lipinski definition) is 6. The van der Waals surface area contributed by atoms with Gasteiger partial charge in [0.1, 0.15) is 0 Å². The summed E-state index contributed by atoms with van der Waals surface area (Å²) in [7, 11) is 2.35. The minimum Gasteiger partial charge on any atom is -0.468 e. The molecule has 0 saturated carbocycles. The molecule has 0 aromatic heterocycles. The van der Waals surface area contributed by atoms with Crippen LogP contribution in [-0.4, -0.2) is 38.7 Å². The third-order valence-electron chi connectivity index (χ3n) is 1.88. The van der Waals surface area contributed by atoms with Gasteiger partial charge in [-0.15, -0.1) is 0 Å². The van der Waals surface area contributed by atoms with Gasteiger partial charge in [0.25, 0.3) is 0 Å². The zero-order valence-electron chi connectivity index (χ0n) is 10.1. The lowest BCUT2D eigenvalue weighted by Crippen LogP contribution is -2.26. The summed E-state index contributed by atoms with van der Waals surface area (Å²) in [6, 6.07) is 0. The molecule has 0 fully saturated rings. The summed E-state index contributed by atoms with van der Waals surface area (Å²) >= 11 is 0. The van der Waals surface area contributed by atoms with Crippen LogP contribution >= 0.6 is 0 Å². The number of esters is 3. The predicted molar refractivity (Wildman–Crippen MR) is 57.9 cm³/mol. The second-order valence-electron chi connectivity index (χ2n) is 2.99. The summed E-state index contributed by atoms with van der Waals surface area (Å²) in [6.45, 7) is 1.94. The standard InChI is InChI=1S/C11H16O6/c1-4-17-9(12)7-5-6-8(10(13)15-2)11(14)16-3/h5,7-8H,4,6H2,1-3H3/b7-5+. The molecule has 0 rings (SSSR count). The van der Waals surface area contributed by atoms with Gasteiger partial charge in [0.05, 0.1) is 20.8 Å². The zero-order valence-corrected chi connectivity index (χ0v) is 10.1. The Morgan fingerprint density at radius 2 is 1.65 bits per heavy atom. The first kappa shape index (κ1) is 15.2. The highest BCUT2D eigenvalue weighted by Crippen LogP contribution is 2.08. The molecule has 17 heavy (non-hydrogen) atoms. The first-order chi connectivity index (χ1) is 8.06. The van der Waals surface area contributed by atoms with E-state index in [2.05, 4.69) is 14.2 Å². The lowest BCUT2D eigenvalue weighted by molar-refractivity contribution is -0.158. The molecule has 0 heterocycles. The van der Waals surface area contributed by atoms with Gasteiger partial charge in [-0.05, 0) is 13.3 Å². The van der Waals surface area contributed by atoms with Crippen molar-refractivity contribution in [2.75, 3.05) is 20.8 Å². The van der Waals surface area contributed by atoms with Crippen molar-refractivity contribution in [3.05, 3.63) is 12.2 Å². The number of rotatable bonds is 6. The van der Waals surface area contributed by atoms with Crippen LogP contribution in [0.2, 0.25) is 0 Å². The van der Waals surface area contributed by atoms with Crippen LogP contribution in [0.3, 0.4) is 0 Å². The van der Waals surface area contributed by atoms with Crippen LogP contribution in [-0.2, 0) is 28.6 Å². The molecule has 0 aliphatic heterocycles. The minimum atomic E-state index is -1.06. The van der Waals surface area contributed by atoms with E-state index < -0.39 is 23.8 Å². The lowest BCUT2D eigenvalue weighted by Gasteiger charge is -2.09. The molecule has 0 amide bonds. The number of ether oxygens (including phenoxy) is 3. The summed E-state index contributed by atoms with van der Waals surface area (Å²) in [5.74, 6) is -2.99. The molecule has 0 aromatic carbocycles. The Morgan fingerprint density at radius 1 is 1.12 bits per heavy atom. The number of allylic oxidation sites excluding steroid dienone is 1. The molecule has 0 unspecified atom stereocenters. The number of carbonyl (C=O) groups is 3. The van der Waals surface area contributed by atoms with E-state index in [0.29, 0.717) is 0 Å². The van der Waals surface area contributed by atoms with Crippen LogP contribution < -0.4 is 0 Å². The highest BCUT2D eigenvalue weighted by molar-refractivity contribution is 5.95. The van der Waals surface area contributed by atoms with E-state index in [0.717, 1.165) is 6.08 Å². The summed E-state index contributed by atoms with van der Waals surface area (Å²) in [5.41, 5.74) is 0. The van der Waals surface area contributed by atoms with Gasteiger partial charge in [0, 0.05) is 6.08 Å². The Balaban J connectivity index is 4.40. The molecule has 0 atom stereocenters. The van der Waals surface area contributed by atoms with Crippen LogP contribution in [0, 0.1) is 5.92 Å². The van der Waals surface area contributed by atoms with Gasteiger partial charge >= 0.3 is 17.9 Å². The van der Waals surface area contributed by atoms with Gasteiger partial charge in [0.2, 0.25) is 0 Å². The molecular weight excluding hydrogens is 228 g/mol. The molecule has 96 valence electrons. The molecule has 0 aromatic rings. The van der Waals surface area contributed by atoms with Gasteiger partial charge in [0.15, 0.2) is 5.92 Å². The van der Waals surface area contributed by atoms with Gasteiger partial charge in [-0.25, -0.2) is 4.79 Å². The average molecular weight is 244 g/mol. The molecular formula is C11H16O6. The lowest BCUT2D eigenvalue weighted by atomic mass is 10.1. The van der Waals surface area contributed by atoms with Crippen LogP contribution in [0.25, 0.3) is 0 Å². The number of methoxy groups -OCH3 is 2.